The first-order valence-corrected chi connectivity index (χ1v) is 5.39. The summed E-state index contributed by atoms with van der Waals surface area (Å²) < 4.78 is 9.67. The molecule has 1 aromatic rings. The molecule has 0 aliphatic carbocycles. The molecule has 1 saturated heterocycles. The highest BCUT2D eigenvalue weighted by Crippen LogP contribution is 2.24. The van der Waals surface area contributed by atoms with Crippen LogP contribution in [0.1, 0.15) is 16.8 Å². The van der Waals surface area contributed by atoms with Gasteiger partial charge in [-0.25, -0.2) is 9.59 Å². The molecular formula is C11H10ClNO4. The van der Waals surface area contributed by atoms with Crippen LogP contribution < -0.4 is 5.73 Å². The minimum atomic E-state index is -0.847. The molecule has 0 bridgehead atoms. The van der Waals surface area contributed by atoms with E-state index in [0.29, 0.717) is 6.42 Å². The average molecular weight is 256 g/mol. The summed E-state index contributed by atoms with van der Waals surface area (Å²) in [4.78, 5) is 22.9. The van der Waals surface area contributed by atoms with Gasteiger partial charge in [-0.05, 0) is 12.1 Å². The van der Waals surface area contributed by atoms with E-state index in [1.54, 1.807) is 12.1 Å². The normalized spacial score (nSPS) is 18.9. The highest BCUT2D eigenvalue weighted by molar-refractivity contribution is 6.36. The van der Waals surface area contributed by atoms with Gasteiger partial charge in [0.1, 0.15) is 0 Å². The second-order valence-corrected chi connectivity index (χ2v) is 3.94. The number of anilines is 1. The summed E-state index contributed by atoms with van der Waals surface area (Å²) in [5.41, 5.74) is 5.99. The molecule has 1 heterocycles. The topological polar surface area (TPSA) is 78.6 Å². The van der Waals surface area contributed by atoms with Crippen molar-refractivity contribution in [3.8, 4) is 0 Å². The van der Waals surface area contributed by atoms with Gasteiger partial charge in [-0.15, -0.1) is 0 Å². The Morgan fingerprint density at radius 1 is 1.53 bits per heavy atom. The maximum absolute atomic E-state index is 11.7. The molecule has 0 amide bonds. The van der Waals surface area contributed by atoms with E-state index in [-0.39, 0.29) is 22.9 Å². The zero-order chi connectivity index (χ0) is 12.4. The third kappa shape index (κ3) is 2.34. The molecular weight excluding hydrogens is 246 g/mol. The van der Waals surface area contributed by atoms with Crippen LogP contribution in [-0.2, 0) is 14.3 Å². The zero-order valence-corrected chi connectivity index (χ0v) is 9.57. The average Bonchev–Trinajstić information content (AvgIpc) is 2.68. The van der Waals surface area contributed by atoms with Gasteiger partial charge < -0.3 is 15.2 Å². The lowest BCUT2D eigenvalue weighted by atomic mass is 10.2. The summed E-state index contributed by atoms with van der Waals surface area (Å²) in [6, 6.07) is 4.65. The van der Waals surface area contributed by atoms with E-state index in [0.717, 1.165) is 0 Å². The summed E-state index contributed by atoms with van der Waals surface area (Å²) in [7, 11) is 0. The van der Waals surface area contributed by atoms with Gasteiger partial charge in [0.25, 0.3) is 0 Å². The molecule has 5 nitrogen and oxygen atoms in total. The fourth-order valence-electron chi connectivity index (χ4n) is 1.48. The second kappa shape index (κ2) is 4.63. The minimum Gasteiger partial charge on any atom is -0.463 e. The van der Waals surface area contributed by atoms with E-state index in [2.05, 4.69) is 4.74 Å². The summed E-state index contributed by atoms with van der Waals surface area (Å²) in [5, 5.41) is 0.129. The van der Waals surface area contributed by atoms with Crippen molar-refractivity contribution in [3.63, 3.8) is 0 Å². The molecule has 1 aliphatic rings. The molecule has 0 aromatic heterocycles. The Morgan fingerprint density at radius 2 is 2.29 bits per heavy atom. The quantitative estimate of drug-likeness (QED) is 0.638. The van der Waals surface area contributed by atoms with Crippen molar-refractivity contribution < 1.29 is 19.1 Å². The van der Waals surface area contributed by atoms with Crippen LogP contribution in [0.2, 0.25) is 5.02 Å². The molecule has 2 N–H and O–H groups in total. The molecule has 1 aromatic carbocycles. The molecule has 90 valence electrons. The number of nitrogen functional groups attached to an aromatic ring is 1. The molecule has 0 saturated carbocycles. The van der Waals surface area contributed by atoms with Gasteiger partial charge in [0, 0.05) is 6.42 Å². The van der Waals surface area contributed by atoms with E-state index >= 15 is 0 Å². The van der Waals surface area contributed by atoms with Gasteiger partial charge in [-0.3, -0.25) is 0 Å². The molecule has 1 fully saturated rings. The Balaban J connectivity index is 2.14. The van der Waals surface area contributed by atoms with Crippen LogP contribution in [0, 0.1) is 0 Å². The monoisotopic (exact) mass is 255 g/mol. The van der Waals surface area contributed by atoms with Gasteiger partial charge >= 0.3 is 11.9 Å². The molecule has 0 spiro atoms. The predicted octanol–water partition coefficient (Wildman–Crippen LogP) is 1.39. The lowest BCUT2D eigenvalue weighted by molar-refractivity contribution is -0.145. The van der Waals surface area contributed by atoms with Crippen LogP contribution >= 0.6 is 11.6 Å². The fourth-order valence-corrected chi connectivity index (χ4v) is 1.69. The molecule has 1 aliphatic heterocycles. The Hall–Kier alpha value is -1.75. The Morgan fingerprint density at radius 3 is 2.94 bits per heavy atom. The molecule has 1 unspecified atom stereocenters. The van der Waals surface area contributed by atoms with Crippen molar-refractivity contribution >= 4 is 29.2 Å². The standard InChI is InChI=1S/C11H10ClNO4/c12-9-6(2-1-3-7(9)13)10(14)17-8-4-5-16-11(8)15/h1-3,8H,4-5,13H2. The lowest BCUT2D eigenvalue weighted by Gasteiger charge is -2.10. The molecule has 6 heteroatoms. The van der Waals surface area contributed by atoms with Crippen molar-refractivity contribution in [1.29, 1.82) is 0 Å². The Bertz CT molecular complexity index is 475. The van der Waals surface area contributed by atoms with E-state index in [1.807, 2.05) is 0 Å². The number of benzene rings is 1. The number of cyclic esters (lactones) is 1. The minimum absolute atomic E-state index is 0.129. The predicted molar refractivity (Wildman–Crippen MR) is 60.6 cm³/mol. The van der Waals surface area contributed by atoms with Crippen molar-refractivity contribution in [2.45, 2.75) is 12.5 Å². The fraction of sp³-hybridized carbons (Fsp3) is 0.273. The van der Waals surface area contributed by atoms with Crippen molar-refractivity contribution in [2.75, 3.05) is 12.3 Å². The summed E-state index contributed by atoms with van der Waals surface area (Å²) in [6.45, 7) is 0.265. The van der Waals surface area contributed by atoms with Gasteiger partial charge in [-0.1, -0.05) is 17.7 Å². The third-order valence-electron chi connectivity index (χ3n) is 2.39. The first kappa shape index (κ1) is 11.7. The molecule has 17 heavy (non-hydrogen) atoms. The largest absolute Gasteiger partial charge is 0.463 e. The Kier molecular flexibility index (Phi) is 3.19. The first-order chi connectivity index (χ1) is 8.09. The third-order valence-corrected chi connectivity index (χ3v) is 2.81. The van der Waals surface area contributed by atoms with Crippen molar-refractivity contribution in [2.24, 2.45) is 0 Å². The maximum Gasteiger partial charge on any atom is 0.347 e. The first-order valence-electron chi connectivity index (χ1n) is 5.01. The smallest absolute Gasteiger partial charge is 0.347 e. The van der Waals surface area contributed by atoms with E-state index in [1.165, 1.54) is 6.07 Å². The van der Waals surface area contributed by atoms with Crippen LogP contribution in [-0.4, -0.2) is 24.6 Å². The van der Waals surface area contributed by atoms with Gasteiger partial charge in [0.05, 0.1) is 22.9 Å². The second-order valence-electron chi connectivity index (χ2n) is 3.56. The van der Waals surface area contributed by atoms with Crippen LogP contribution in [0.5, 0.6) is 0 Å². The number of rotatable bonds is 2. The number of carbonyl (C=O) groups is 2. The number of ether oxygens (including phenoxy) is 2. The highest BCUT2D eigenvalue weighted by atomic mass is 35.5. The summed E-state index contributed by atoms with van der Waals surface area (Å²) >= 11 is 5.87. The highest BCUT2D eigenvalue weighted by Gasteiger charge is 2.31. The number of hydrogen-bond donors (Lipinski definition) is 1. The Labute approximate surface area is 102 Å². The van der Waals surface area contributed by atoms with E-state index < -0.39 is 18.0 Å². The summed E-state index contributed by atoms with van der Waals surface area (Å²) in [5.74, 6) is -1.20. The number of hydrogen-bond acceptors (Lipinski definition) is 5. The van der Waals surface area contributed by atoms with Gasteiger partial charge in [0.2, 0.25) is 6.10 Å². The zero-order valence-electron chi connectivity index (χ0n) is 8.81. The number of halogens is 1. The van der Waals surface area contributed by atoms with Gasteiger partial charge in [0.15, 0.2) is 0 Å². The lowest BCUT2D eigenvalue weighted by Crippen LogP contribution is -2.22. The van der Waals surface area contributed by atoms with Crippen molar-refractivity contribution in [1.82, 2.24) is 0 Å². The molecule has 1 atom stereocenters. The molecule has 0 radical (unpaired) electrons. The van der Waals surface area contributed by atoms with Crippen LogP contribution in [0.15, 0.2) is 18.2 Å². The maximum atomic E-state index is 11.7. The number of nitrogens with two attached hydrogens (primary N) is 1. The number of esters is 2. The van der Waals surface area contributed by atoms with Crippen LogP contribution in [0.3, 0.4) is 0 Å². The van der Waals surface area contributed by atoms with E-state index in [9.17, 15) is 9.59 Å². The van der Waals surface area contributed by atoms with Gasteiger partial charge in [-0.2, -0.15) is 0 Å². The summed E-state index contributed by atoms with van der Waals surface area (Å²) in [6.07, 6.45) is -0.482. The molecule has 2 rings (SSSR count). The van der Waals surface area contributed by atoms with Crippen LogP contribution in [0.4, 0.5) is 5.69 Å². The number of carbonyl (C=O) groups excluding carboxylic acids is 2. The van der Waals surface area contributed by atoms with Crippen LogP contribution in [0.25, 0.3) is 0 Å². The van der Waals surface area contributed by atoms with Crippen molar-refractivity contribution in [3.05, 3.63) is 28.8 Å². The SMILES string of the molecule is Nc1cccc(C(=O)OC2CCOC2=O)c1Cl. The van der Waals surface area contributed by atoms with E-state index in [4.69, 9.17) is 22.1 Å².